The van der Waals surface area contributed by atoms with Gasteiger partial charge in [-0.05, 0) is 18.2 Å². The molecule has 2 aromatic heterocycles. The summed E-state index contributed by atoms with van der Waals surface area (Å²) in [6.45, 7) is 0.579. The van der Waals surface area contributed by atoms with Gasteiger partial charge in [-0.1, -0.05) is 0 Å². The van der Waals surface area contributed by atoms with Gasteiger partial charge in [-0.15, -0.1) is 10.2 Å². The fraction of sp³-hybridized carbons (Fsp3) is 0.273. The summed E-state index contributed by atoms with van der Waals surface area (Å²) in [5.41, 5.74) is 1.28. The van der Waals surface area contributed by atoms with Crippen molar-refractivity contribution in [3.63, 3.8) is 0 Å². The maximum atomic E-state index is 11.6. The Kier molecular flexibility index (Phi) is 3.52. The van der Waals surface area contributed by atoms with E-state index < -0.39 is 0 Å². The smallest absolute Gasteiger partial charge is 0.273 e. The molecule has 1 amide bonds. The van der Waals surface area contributed by atoms with E-state index >= 15 is 0 Å². The van der Waals surface area contributed by atoms with Gasteiger partial charge in [-0.3, -0.25) is 9.89 Å². The molecule has 2 heterocycles. The fourth-order valence-electron chi connectivity index (χ4n) is 1.34. The molecule has 94 valence electrons. The van der Waals surface area contributed by atoms with E-state index in [-0.39, 0.29) is 5.91 Å². The number of carbonyl (C=O) groups is 1. The summed E-state index contributed by atoms with van der Waals surface area (Å²) >= 11 is 0. The first-order chi connectivity index (χ1) is 8.66. The number of carbonyl (C=O) groups excluding carboxylic acids is 1. The molecule has 0 saturated carbocycles. The molecular weight excluding hydrogens is 232 g/mol. The van der Waals surface area contributed by atoms with Crippen LogP contribution >= 0.6 is 0 Å². The van der Waals surface area contributed by atoms with Crippen molar-refractivity contribution in [3.05, 3.63) is 35.8 Å². The summed E-state index contributed by atoms with van der Waals surface area (Å²) < 4.78 is 0. The third-order valence-corrected chi connectivity index (χ3v) is 2.31. The molecule has 0 aromatic carbocycles. The van der Waals surface area contributed by atoms with Crippen molar-refractivity contribution in [2.75, 3.05) is 19.4 Å². The van der Waals surface area contributed by atoms with Crippen LogP contribution in [0, 0.1) is 0 Å². The van der Waals surface area contributed by atoms with Crippen LogP contribution in [-0.2, 0) is 6.54 Å². The van der Waals surface area contributed by atoms with Crippen LogP contribution in [0.3, 0.4) is 0 Å². The van der Waals surface area contributed by atoms with E-state index in [1.165, 1.54) is 4.90 Å². The molecule has 2 N–H and O–H groups in total. The van der Waals surface area contributed by atoms with Crippen LogP contribution in [0.4, 0.5) is 5.82 Å². The van der Waals surface area contributed by atoms with Crippen molar-refractivity contribution in [2.45, 2.75) is 6.54 Å². The third-order valence-electron chi connectivity index (χ3n) is 2.31. The fourth-order valence-corrected chi connectivity index (χ4v) is 1.34. The van der Waals surface area contributed by atoms with Crippen molar-refractivity contribution in [3.8, 4) is 0 Å². The number of aromatic nitrogens is 4. The average molecular weight is 246 g/mol. The van der Waals surface area contributed by atoms with E-state index in [0.29, 0.717) is 18.1 Å². The van der Waals surface area contributed by atoms with Gasteiger partial charge in [0.15, 0.2) is 5.69 Å². The zero-order valence-corrected chi connectivity index (χ0v) is 10.2. The molecule has 7 nitrogen and oxygen atoms in total. The summed E-state index contributed by atoms with van der Waals surface area (Å²) in [6.07, 6.45) is 1.68. The van der Waals surface area contributed by atoms with E-state index in [4.69, 9.17) is 0 Å². The van der Waals surface area contributed by atoms with Crippen molar-refractivity contribution in [2.24, 2.45) is 0 Å². The number of H-pyrrole nitrogens is 1. The molecule has 7 heteroatoms. The van der Waals surface area contributed by atoms with Crippen molar-refractivity contribution in [1.82, 2.24) is 25.3 Å². The molecule has 0 saturated heterocycles. The van der Waals surface area contributed by atoms with Crippen molar-refractivity contribution >= 4 is 11.7 Å². The Hall–Kier alpha value is -2.44. The molecule has 2 aromatic rings. The van der Waals surface area contributed by atoms with Gasteiger partial charge >= 0.3 is 0 Å². The number of rotatable bonds is 4. The lowest BCUT2D eigenvalue weighted by molar-refractivity contribution is 0.0821. The summed E-state index contributed by atoms with van der Waals surface area (Å²) in [6, 6.07) is 5.23. The Morgan fingerprint density at radius 1 is 1.33 bits per heavy atom. The first-order valence-corrected chi connectivity index (χ1v) is 5.44. The Morgan fingerprint density at radius 3 is 2.72 bits per heavy atom. The van der Waals surface area contributed by atoms with Gasteiger partial charge in [0.05, 0.1) is 12.2 Å². The normalized spacial score (nSPS) is 10.1. The number of amides is 1. The summed E-state index contributed by atoms with van der Waals surface area (Å²) in [5.74, 6) is 0.447. The molecule has 0 spiro atoms. The molecule has 0 aliphatic carbocycles. The van der Waals surface area contributed by atoms with Gasteiger partial charge in [-0.2, -0.15) is 5.10 Å². The molecule has 2 rings (SSSR count). The van der Waals surface area contributed by atoms with Gasteiger partial charge in [0.1, 0.15) is 5.82 Å². The highest BCUT2D eigenvalue weighted by Crippen LogP contribution is 2.05. The van der Waals surface area contributed by atoms with E-state index in [1.807, 2.05) is 6.07 Å². The van der Waals surface area contributed by atoms with Gasteiger partial charge in [0.25, 0.3) is 5.91 Å². The highest BCUT2D eigenvalue weighted by Gasteiger charge is 2.09. The lowest BCUT2D eigenvalue weighted by atomic mass is 10.3. The molecule has 0 radical (unpaired) electrons. The Morgan fingerprint density at radius 2 is 2.17 bits per heavy atom. The lowest BCUT2D eigenvalue weighted by Crippen LogP contribution is -2.23. The maximum absolute atomic E-state index is 11.6. The molecule has 0 bridgehead atoms. The second kappa shape index (κ2) is 5.26. The number of anilines is 1. The second-order valence-electron chi connectivity index (χ2n) is 3.94. The summed E-state index contributed by atoms with van der Waals surface area (Å²) in [7, 11) is 3.35. The number of hydrogen-bond donors (Lipinski definition) is 2. The van der Waals surface area contributed by atoms with Gasteiger partial charge in [-0.25, -0.2) is 0 Å². The Bertz CT molecular complexity index is 505. The van der Waals surface area contributed by atoms with E-state index in [2.05, 4.69) is 25.7 Å². The van der Waals surface area contributed by atoms with Crippen LogP contribution in [0.1, 0.15) is 16.2 Å². The quantitative estimate of drug-likeness (QED) is 0.821. The first-order valence-electron chi connectivity index (χ1n) is 5.44. The highest BCUT2D eigenvalue weighted by molar-refractivity contribution is 5.91. The monoisotopic (exact) mass is 246 g/mol. The largest absolute Gasteiger partial charge is 0.363 e. The van der Waals surface area contributed by atoms with E-state index in [0.717, 1.165) is 5.69 Å². The standard InChI is InChI=1S/C11H14N6O/c1-17(2)11(18)9-3-4-10(16-15-9)12-7-8-5-6-13-14-8/h3-6H,7H2,1-2H3,(H,12,16)(H,13,14). The topological polar surface area (TPSA) is 86.8 Å². The van der Waals surface area contributed by atoms with E-state index in [9.17, 15) is 4.79 Å². The van der Waals surface area contributed by atoms with Gasteiger partial charge < -0.3 is 10.2 Å². The predicted octanol–water partition coefficient (Wildman–Crippen LogP) is 0.514. The summed E-state index contributed by atoms with van der Waals surface area (Å²) in [4.78, 5) is 13.1. The van der Waals surface area contributed by atoms with Crippen molar-refractivity contribution in [1.29, 1.82) is 0 Å². The average Bonchev–Trinajstić information content (AvgIpc) is 2.89. The molecule has 0 atom stereocenters. The van der Waals surface area contributed by atoms with Crippen LogP contribution in [0.15, 0.2) is 24.4 Å². The number of nitrogens with one attached hydrogen (secondary N) is 2. The molecule has 0 aliphatic rings. The van der Waals surface area contributed by atoms with Crippen LogP contribution in [0.5, 0.6) is 0 Å². The number of hydrogen-bond acceptors (Lipinski definition) is 5. The van der Waals surface area contributed by atoms with Crippen LogP contribution in [0.2, 0.25) is 0 Å². The third kappa shape index (κ3) is 2.82. The van der Waals surface area contributed by atoms with Crippen molar-refractivity contribution < 1.29 is 4.79 Å². The second-order valence-corrected chi connectivity index (χ2v) is 3.94. The zero-order valence-electron chi connectivity index (χ0n) is 10.2. The molecule has 18 heavy (non-hydrogen) atoms. The zero-order chi connectivity index (χ0) is 13.0. The SMILES string of the molecule is CN(C)C(=O)c1ccc(NCc2ccn[nH]2)nn1. The number of aromatic amines is 1. The van der Waals surface area contributed by atoms with E-state index in [1.54, 1.807) is 32.4 Å². The van der Waals surface area contributed by atoms with Crippen LogP contribution < -0.4 is 5.32 Å². The Balaban J connectivity index is 1.97. The highest BCUT2D eigenvalue weighted by atomic mass is 16.2. The predicted molar refractivity (Wildman–Crippen MR) is 66.0 cm³/mol. The van der Waals surface area contributed by atoms with Gasteiger partial charge in [0.2, 0.25) is 0 Å². The molecule has 0 aliphatic heterocycles. The van der Waals surface area contributed by atoms with Crippen LogP contribution in [-0.4, -0.2) is 45.3 Å². The molecule has 0 fully saturated rings. The number of nitrogens with zero attached hydrogens (tertiary/aromatic N) is 4. The Labute approximate surface area is 104 Å². The minimum atomic E-state index is -0.164. The minimum Gasteiger partial charge on any atom is -0.363 e. The summed E-state index contributed by atoms with van der Waals surface area (Å²) in [5, 5.41) is 17.6. The van der Waals surface area contributed by atoms with Gasteiger partial charge in [0, 0.05) is 20.3 Å². The van der Waals surface area contributed by atoms with Crippen LogP contribution in [0.25, 0.3) is 0 Å². The molecular formula is C11H14N6O. The minimum absolute atomic E-state index is 0.164. The lowest BCUT2D eigenvalue weighted by Gasteiger charge is -2.09. The molecule has 0 unspecified atom stereocenters. The first kappa shape index (κ1) is 12.0. The maximum Gasteiger partial charge on any atom is 0.273 e.